The summed E-state index contributed by atoms with van der Waals surface area (Å²) in [5.41, 5.74) is 2.30. The molecule has 3 aromatic rings. The molecular weight excluding hydrogens is 597 g/mol. The van der Waals surface area contributed by atoms with E-state index >= 15 is 0 Å². The lowest BCUT2D eigenvalue weighted by Crippen LogP contribution is -2.51. The number of unbranched alkanes of at least 4 members (excludes halogenated alkanes) is 1. The third kappa shape index (κ3) is 7.96. The monoisotopic (exact) mass is 633 g/mol. The Labute approximate surface area is 258 Å². The number of nitrogens with one attached hydrogen (secondary N) is 1. The lowest BCUT2D eigenvalue weighted by molar-refractivity contribution is -0.139. The molecule has 0 spiro atoms. The average Bonchev–Trinajstić information content (AvgIpc) is 2.95. The molecule has 11 heteroatoms. The molecule has 1 atom stereocenters. The maximum atomic E-state index is 14.2. The van der Waals surface area contributed by atoms with Crippen molar-refractivity contribution >= 4 is 50.7 Å². The number of hydrogen-bond donors (Lipinski definition) is 1. The Bertz CT molecular complexity index is 1490. The first-order valence-electron chi connectivity index (χ1n) is 13.6. The van der Waals surface area contributed by atoms with Crippen molar-refractivity contribution in [3.8, 4) is 5.75 Å². The van der Waals surface area contributed by atoms with Crippen LogP contribution < -0.4 is 14.4 Å². The van der Waals surface area contributed by atoms with E-state index in [0.29, 0.717) is 22.2 Å². The number of aryl methyl sites for hydroxylation is 2. The largest absolute Gasteiger partial charge is 0.495 e. The van der Waals surface area contributed by atoms with Crippen molar-refractivity contribution in [3.05, 3.63) is 87.4 Å². The molecule has 42 heavy (non-hydrogen) atoms. The number of ether oxygens (including phenoxy) is 1. The van der Waals surface area contributed by atoms with Crippen molar-refractivity contribution in [1.29, 1.82) is 0 Å². The zero-order valence-electron chi connectivity index (χ0n) is 24.5. The van der Waals surface area contributed by atoms with Crippen LogP contribution in [0.5, 0.6) is 5.75 Å². The fourth-order valence-corrected chi connectivity index (χ4v) is 6.25. The Balaban J connectivity index is 2.11. The summed E-state index contributed by atoms with van der Waals surface area (Å²) in [6, 6.07) is 15.5. The van der Waals surface area contributed by atoms with Crippen LogP contribution in [0.15, 0.2) is 65.6 Å². The SMILES string of the molecule is CCCCNC(=O)C(C)N(Cc1c(Cl)cccc1Cl)C(=O)CN(c1cc(C)ccc1OC)S(=O)(=O)c1ccc(C)cc1. The summed E-state index contributed by atoms with van der Waals surface area (Å²) in [6.07, 6.45) is 1.66. The summed E-state index contributed by atoms with van der Waals surface area (Å²) in [5.74, 6) is -0.723. The number of carbonyl (C=O) groups is 2. The van der Waals surface area contributed by atoms with Gasteiger partial charge in [-0.1, -0.05) is 66.4 Å². The molecule has 0 aliphatic heterocycles. The minimum Gasteiger partial charge on any atom is -0.495 e. The molecule has 0 radical (unpaired) electrons. The molecule has 0 aliphatic rings. The average molecular weight is 635 g/mol. The summed E-state index contributed by atoms with van der Waals surface area (Å²) in [6.45, 7) is 7.00. The normalized spacial score (nSPS) is 12.0. The van der Waals surface area contributed by atoms with Gasteiger partial charge in [-0.3, -0.25) is 13.9 Å². The van der Waals surface area contributed by atoms with Crippen molar-refractivity contribution in [1.82, 2.24) is 10.2 Å². The van der Waals surface area contributed by atoms with Crippen LogP contribution in [0, 0.1) is 13.8 Å². The number of benzene rings is 3. The first kappa shape index (κ1) is 33.2. The van der Waals surface area contributed by atoms with Gasteiger partial charge in [-0.05, 0) is 69.2 Å². The highest BCUT2D eigenvalue weighted by Gasteiger charge is 2.34. The van der Waals surface area contributed by atoms with Crippen LogP contribution >= 0.6 is 23.2 Å². The lowest BCUT2D eigenvalue weighted by atomic mass is 10.1. The molecule has 0 heterocycles. The van der Waals surface area contributed by atoms with Crippen LogP contribution in [0.2, 0.25) is 10.0 Å². The standard InChI is InChI=1S/C31H37Cl2N3O5S/c1-6-7-17-34-31(38)23(4)35(19-25-26(32)9-8-10-27(25)33)30(37)20-36(28-18-22(3)13-16-29(28)41-5)42(39,40)24-14-11-21(2)12-15-24/h8-16,18,23H,6-7,17,19-20H2,1-5H3,(H,34,38). The van der Waals surface area contributed by atoms with Crippen molar-refractivity contribution in [3.63, 3.8) is 0 Å². The van der Waals surface area contributed by atoms with E-state index in [0.717, 1.165) is 28.3 Å². The molecule has 2 amide bonds. The fourth-order valence-electron chi connectivity index (χ4n) is 4.32. The van der Waals surface area contributed by atoms with Crippen molar-refractivity contribution in [2.75, 3.05) is 24.5 Å². The Morgan fingerprint density at radius 3 is 2.19 bits per heavy atom. The molecule has 0 bridgehead atoms. The van der Waals surface area contributed by atoms with E-state index in [1.165, 1.54) is 24.1 Å². The van der Waals surface area contributed by atoms with E-state index in [4.69, 9.17) is 27.9 Å². The van der Waals surface area contributed by atoms with Crippen LogP contribution in [0.4, 0.5) is 5.69 Å². The highest BCUT2D eigenvalue weighted by molar-refractivity contribution is 7.92. The first-order chi connectivity index (χ1) is 19.9. The molecule has 8 nitrogen and oxygen atoms in total. The van der Waals surface area contributed by atoms with E-state index < -0.39 is 28.5 Å². The van der Waals surface area contributed by atoms with Crippen molar-refractivity contribution in [2.45, 2.75) is 58.0 Å². The van der Waals surface area contributed by atoms with Gasteiger partial charge in [0.25, 0.3) is 10.0 Å². The smallest absolute Gasteiger partial charge is 0.264 e. The molecule has 0 aromatic heterocycles. The number of rotatable bonds is 13. The number of nitrogens with zero attached hydrogens (tertiary/aromatic N) is 2. The molecule has 3 aromatic carbocycles. The van der Waals surface area contributed by atoms with Gasteiger partial charge >= 0.3 is 0 Å². The van der Waals surface area contributed by atoms with Crippen molar-refractivity contribution in [2.24, 2.45) is 0 Å². The van der Waals surface area contributed by atoms with Gasteiger partial charge in [-0.15, -0.1) is 0 Å². The Morgan fingerprint density at radius 2 is 1.60 bits per heavy atom. The topological polar surface area (TPSA) is 96.0 Å². The highest BCUT2D eigenvalue weighted by atomic mass is 35.5. The Hall–Kier alpha value is -3.27. The minimum atomic E-state index is -4.25. The summed E-state index contributed by atoms with van der Waals surface area (Å²) < 4.78 is 34.7. The quantitative estimate of drug-likeness (QED) is 0.228. The summed E-state index contributed by atoms with van der Waals surface area (Å²) in [4.78, 5) is 28.6. The first-order valence-corrected chi connectivity index (χ1v) is 15.8. The van der Waals surface area contributed by atoms with Gasteiger partial charge in [-0.2, -0.15) is 0 Å². The molecule has 0 aliphatic carbocycles. The van der Waals surface area contributed by atoms with Gasteiger partial charge in [0.15, 0.2) is 0 Å². The van der Waals surface area contributed by atoms with Gasteiger partial charge < -0.3 is 15.0 Å². The number of carbonyl (C=O) groups excluding carboxylic acids is 2. The van der Waals surface area contributed by atoms with Crippen LogP contribution in [0.1, 0.15) is 43.4 Å². The van der Waals surface area contributed by atoms with E-state index in [1.807, 2.05) is 20.8 Å². The predicted octanol–water partition coefficient (Wildman–Crippen LogP) is 6.15. The second-order valence-electron chi connectivity index (χ2n) is 10.0. The van der Waals surface area contributed by atoms with Crippen molar-refractivity contribution < 1.29 is 22.7 Å². The van der Waals surface area contributed by atoms with Crippen LogP contribution in [-0.4, -0.2) is 51.4 Å². The maximum Gasteiger partial charge on any atom is 0.264 e. The van der Waals surface area contributed by atoms with E-state index in [-0.39, 0.29) is 28.8 Å². The third-order valence-electron chi connectivity index (χ3n) is 6.88. The van der Waals surface area contributed by atoms with Crippen LogP contribution in [-0.2, 0) is 26.2 Å². The Morgan fingerprint density at radius 1 is 0.976 bits per heavy atom. The van der Waals surface area contributed by atoms with Gasteiger partial charge in [0.05, 0.1) is 17.7 Å². The highest BCUT2D eigenvalue weighted by Crippen LogP contribution is 2.34. The molecule has 0 saturated carbocycles. The number of anilines is 1. The van der Waals surface area contributed by atoms with Gasteiger partial charge in [0, 0.05) is 28.7 Å². The second kappa shape index (κ2) is 14.8. The second-order valence-corrected chi connectivity index (χ2v) is 12.7. The summed E-state index contributed by atoms with van der Waals surface area (Å²) >= 11 is 12.9. The fraction of sp³-hybridized carbons (Fsp3) is 0.355. The number of sulfonamides is 1. The molecule has 1 N–H and O–H groups in total. The number of amides is 2. The van der Waals surface area contributed by atoms with Gasteiger partial charge in [-0.25, -0.2) is 8.42 Å². The minimum absolute atomic E-state index is 0.00974. The summed E-state index contributed by atoms with van der Waals surface area (Å²) in [7, 11) is -2.82. The number of methoxy groups -OCH3 is 1. The van der Waals surface area contributed by atoms with E-state index in [9.17, 15) is 18.0 Å². The zero-order chi connectivity index (χ0) is 31.0. The zero-order valence-corrected chi connectivity index (χ0v) is 26.8. The van der Waals surface area contributed by atoms with Gasteiger partial charge in [0.1, 0.15) is 18.3 Å². The third-order valence-corrected chi connectivity index (χ3v) is 9.36. The van der Waals surface area contributed by atoms with E-state index in [1.54, 1.807) is 55.5 Å². The Kier molecular flexibility index (Phi) is 11.7. The lowest BCUT2D eigenvalue weighted by Gasteiger charge is -2.32. The number of halogens is 2. The predicted molar refractivity (Wildman–Crippen MR) is 168 cm³/mol. The van der Waals surface area contributed by atoms with E-state index in [2.05, 4.69) is 5.32 Å². The molecular formula is C31H37Cl2N3O5S. The van der Waals surface area contributed by atoms with Crippen LogP contribution in [0.3, 0.4) is 0 Å². The molecule has 226 valence electrons. The molecule has 3 rings (SSSR count). The molecule has 0 saturated heterocycles. The number of hydrogen-bond acceptors (Lipinski definition) is 5. The van der Waals surface area contributed by atoms with Gasteiger partial charge in [0.2, 0.25) is 11.8 Å². The van der Waals surface area contributed by atoms with Crippen LogP contribution in [0.25, 0.3) is 0 Å². The maximum absolute atomic E-state index is 14.2. The molecule has 1 unspecified atom stereocenters. The molecule has 0 fully saturated rings. The summed E-state index contributed by atoms with van der Waals surface area (Å²) in [5, 5.41) is 3.50.